The average Bonchev–Trinajstić information content (AvgIpc) is 2.31. The maximum absolute atomic E-state index is 12.2. The van der Waals surface area contributed by atoms with Gasteiger partial charge in [0.05, 0.1) is 0 Å². The molecule has 2 saturated carbocycles. The lowest BCUT2D eigenvalue weighted by Gasteiger charge is -2.41. The van der Waals surface area contributed by atoms with E-state index in [4.69, 9.17) is 0 Å². The average molecular weight is 244 g/mol. The van der Waals surface area contributed by atoms with Crippen LogP contribution in [0.4, 0.5) is 0 Å². The van der Waals surface area contributed by atoms with E-state index < -0.39 is 0 Å². The normalized spacial score (nSPS) is 34.5. The molecule has 3 aliphatic carbocycles. The lowest BCUT2D eigenvalue weighted by molar-refractivity contribution is -0.118. The van der Waals surface area contributed by atoms with Crippen LogP contribution in [0.25, 0.3) is 0 Å². The molecule has 0 aromatic heterocycles. The van der Waals surface area contributed by atoms with Gasteiger partial charge in [-0.25, -0.2) is 0 Å². The van der Waals surface area contributed by atoms with E-state index in [1.807, 2.05) is 0 Å². The van der Waals surface area contributed by atoms with Crippen molar-refractivity contribution in [3.05, 3.63) is 23.3 Å². The zero-order chi connectivity index (χ0) is 12.7. The summed E-state index contributed by atoms with van der Waals surface area (Å²) in [6, 6.07) is 0. The Bertz CT molecular complexity index is 456. The van der Waals surface area contributed by atoms with E-state index in [0.717, 1.165) is 17.9 Å². The molecule has 2 fully saturated rings. The van der Waals surface area contributed by atoms with E-state index in [1.54, 1.807) is 13.0 Å². The molecule has 0 N–H and O–H groups in total. The summed E-state index contributed by atoms with van der Waals surface area (Å²) in [4.78, 5) is 23.4. The number of allylic oxidation sites excluding steroid dienone is 4. The second-order valence-electron chi connectivity index (χ2n) is 6.16. The second kappa shape index (κ2) is 4.49. The summed E-state index contributed by atoms with van der Waals surface area (Å²) in [5.74, 6) is 1.91. The Morgan fingerprint density at radius 1 is 1.28 bits per heavy atom. The highest BCUT2D eigenvalue weighted by Gasteiger charge is 2.39. The number of Topliss-reactive ketones (excluding diaryl/α,β-unsaturated/α-hetero) is 1. The van der Waals surface area contributed by atoms with Gasteiger partial charge in [-0.1, -0.05) is 24.5 Å². The molecule has 2 heteroatoms. The first kappa shape index (κ1) is 11.9. The third-order valence-electron chi connectivity index (χ3n) is 4.70. The third-order valence-corrected chi connectivity index (χ3v) is 4.70. The fourth-order valence-corrected chi connectivity index (χ4v) is 3.99. The fourth-order valence-electron chi connectivity index (χ4n) is 3.99. The minimum absolute atomic E-state index is 0.140. The van der Waals surface area contributed by atoms with Gasteiger partial charge in [-0.15, -0.1) is 0 Å². The highest BCUT2D eigenvalue weighted by Crippen LogP contribution is 2.47. The van der Waals surface area contributed by atoms with Gasteiger partial charge >= 0.3 is 0 Å². The van der Waals surface area contributed by atoms with Crippen molar-refractivity contribution in [2.24, 2.45) is 17.8 Å². The van der Waals surface area contributed by atoms with Gasteiger partial charge in [0.25, 0.3) is 0 Å². The van der Waals surface area contributed by atoms with Gasteiger partial charge in [0.2, 0.25) is 0 Å². The van der Waals surface area contributed by atoms with Crippen LogP contribution in [0.5, 0.6) is 0 Å². The Morgan fingerprint density at radius 2 is 2.11 bits per heavy atom. The van der Waals surface area contributed by atoms with E-state index in [-0.39, 0.29) is 17.5 Å². The highest BCUT2D eigenvalue weighted by atomic mass is 16.1. The number of hydrogen-bond acceptors (Lipinski definition) is 2. The zero-order valence-electron chi connectivity index (χ0n) is 10.9. The zero-order valence-corrected chi connectivity index (χ0v) is 10.9. The van der Waals surface area contributed by atoms with Gasteiger partial charge in [0, 0.05) is 12.3 Å². The fraction of sp³-hybridized carbons (Fsp3) is 0.625. The molecule has 2 nitrogen and oxygen atoms in total. The standard InChI is InChI=1S/C16H20O2/c1-10(17)5-12-8-14-13-4-2-3-11(6-13)7-15(14)16(18)9-12/h8-9,11,13,15H,2-7H2,1H3/t11?,13-,15+/m1/s1. The molecule has 3 rings (SSSR count). The molecule has 2 bridgehead atoms. The van der Waals surface area contributed by atoms with Gasteiger partial charge in [-0.3, -0.25) is 9.59 Å². The Hall–Kier alpha value is -1.18. The number of fused-ring (bicyclic) bond motifs is 4. The molecule has 0 radical (unpaired) electrons. The predicted octanol–water partition coefficient (Wildman–Crippen LogP) is 3.23. The Labute approximate surface area is 108 Å². The lowest BCUT2D eigenvalue weighted by Crippen LogP contribution is -2.34. The Kier molecular flexibility index (Phi) is 2.96. The molecule has 0 heterocycles. The van der Waals surface area contributed by atoms with Crippen LogP contribution in [0.1, 0.15) is 45.4 Å². The summed E-state index contributed by atoms with van der Waals surface area (Å²) in [5, 5.41) is 0. The summed E-state index contributed by atoms with van der Waals surface area (Å²) < 4.78 is 0. The highest BCUT2D eigenvalue weighted by molar-refractivity contribution is 5.97. The molecular weight excluding hydrogens is 224 g/mol. The van der Waals surface area contributed by atoms with Gasteiger partial charge < -0.3 is 0 Å². The number of carbonyl (C=O) groups is 2. The molecule has 0 aromatic carbocycles. The van der Waals surface area contributed by atoms with Crippen LogP contribution in [-0.2, 0) is 9.59 Å². The maximum Gasteiger partial charge on any atom is 0.163 e. The number of ketones is 2. The van der Waals surface area contributed by atoms with Crippen molar-refractivity contribution in [2.45, 2.75) is 45.4 Å². The van der Waals surface area contributed by atoms with Gasteiger partial charge in [0.1, 0.15) is 5.78 Å². The van der Waals surface area contributed by atoms with Gasteiger partial charge in [-0.2, -0.15) is 0 Å². The quantitative estimate of drug-likeness (QED) is 0.747. The van der Waals surface area contributed by atoms with E-state index in [1.165, 1.54) is 31.3 Å². The van der Waals surface area contributed by atoms with Crippen LogP contribution in [0.3, 0.4) is 0 Å². The van der Waals surface area contributed by atoms with E-state index in [0.29, 0.717) is 12.3 Å². The van der Waals surface area contributed by atoms with Crippen molar-refractivity contribution in [2.75, 3.05) is 0 Å². The van der Waals surface area contributed by atoms with Crippen molar-refractivity contribution in [1.29, 1.82) is 0 Å². The molecule has 3 aliphatic rings. The molecule has 0 aromatic rings. The molecule has 0 aliphatic heterocycles. The van der Waals surface area contributed by atoms with E-state index >= 15 is 0 Å². The topological polar surface area (TPSA) is 34.1 Å². The van der Waals surface area contributed by atoms with Crippen molar-refractivity contribution >= 4 is 11.6 Å². The first-order valence-electron chi connectivity index (χ1n) is 7.09. The van der Waals surface area contributed by atoms with Gasteiger partial charge in [0.15, 0.2) is 5.78 Å². The van der Waals surface area contributed by atoms with Crippen LogP contribution in [0.15, 0.2) is 23.3 Å². The smallest absolute Gasteiger partial charge is 0.163 e. The molecule has 0 spiro atoms. The summed E-state index contributed by atoms with van der Waals surface area (Å²) >= 11 is 0. The van der Waals surface area contributed by atoms with Crippen LogP contribution >= 0.6 is 0 Å². The summed E-state index contributed by atoms with van der Waals surface area (Å²) in [6.45, 7) is 1.59. The van der Waals surface area contributed by atoms with Crippen molar-refractivity contribution in [3.63, 3.8) is 0 Å². The molecule has 1 unspecified atom stereocenters. The largest absolute Gasteiger partial charge is 0.300 e. The lowest BCUT2D eigenvalue weighted by atomic mass is 9.62. The van der Waals surface area contributed by atoms with Crippen molar-refractivity contribution in [1.82, 2.24) is 0 Å². The molecule has 18 heavy (non-hydrogen) atoms. The first-order valence-corrected chi connectivity index (χ1v) is 7.09. The summed E-state index contributed by atoms with van der Waals surface area (Å²) in [5.41, 5.74) is 2.28. The second-order valence-corrected chi connectivity index (χ2v) is 6.16. The van der Waals surface area contributed by atoms with Crippen molar-refractivity contribution < 1.29 is 9.59 Å². The molecule has 0 amide bonds. The molecule has 3 atom stereocenters. The molecular formula is C16H20O2. The number of rotatable bonds is 2. The minimum Gasteiger partial charge on any atom is -0.300 e. The van der Waals surface area contributed by atoms with Crippen LogP contribution in [0.2, 0.25) is 0 Å². The van der Waals surface area contributed by atoms with Crippen molar-refractivity contribution in [3.8, 4) is 0 Å². The Balaban J connectivity index is 1.89. The summed E-state index contributed by atoms with van der Waals surface area (Å²) in [7, 11) is 0. The molecule has 0 saturated heterocycles. The summed E-state index contributed by atoms with van der Waals surface area (Å²) in [6.07, 6.45) is 10.5. The van der Waals surface area contributed by atoms with Crippen LogP contribution in [-0.4, -0.2) is 11.6 Å². The predicted molar refractivity (Wildman–Crippen MR) is 70.0 cm³/mol. The van der Waals surface area contributed by atoms with Gasteiger partial charge in [-0.05, 0) is 49.7 Å². The third kappa shape index (κ3) is 2.09. The Morgan fingerprint density at radius 3 is 2.89 bits per heavy atom. The minimum atomic E-state index is 0.140. The van der Waals surface area contributed by atoms with Crippen LogP contribution in [0, 0.1) is 17.8 Å². The molecule has 96 valence electrons. The number of carbonyl (C=O) groups excluding carboxylic acids is 2. The van der Waals surface area contributed by atoms with E-state index in [2.05, 4.69) is 6.08 Å². The maximum atomic E-state index is 12.2. The SMILES string of the molecule is CC(=O)CC1=CC(=O)[C@H]2CC3CCC[C@H](C3)C2=C1. The van der Waals surface area contributed by atoms with Crippen LogP contribution < -0.4 is 0 Å². The first-order chi connectivity index (χ1) is 8.63. The monoisotopic (exact) mass is 244 g/mol. The number of hydrogen-bond donors (Lipinski definition) is 0. The van der Waals surface area contributed by atoms with E-state index in [9.17, 15) is 9.59 Å².